The molecule has 0 unspecified atom stereocenters. The predicted molar refractivity (Wildman–Crippen MR) is 70.0 cm³/mol. The van der Waals surface area contributed by atoms with Crippen LogP contribution in [0.25, 0.3) is 0 Å². The number of hydrogen-bond acceptors (Lipinski definition) is 5. The fraction of sp³-hybridized carbons (Fsp3) is 0.600. The van der Waals surface area contributed by atoms with Crippen LogP contribution in [0.15, 0.2) is 0 Å². The van der Waals surface area contributed by atoms with Crippen molar-refractivity contribution in [1.29, 1.82) is 0 Å². The maximum absolute atomic E-state index is 11.0. The molecule has 19 heavy (non-hydrogen) atoms. The number of carbonyl (C=O) groups is 1. The number of anilines is 1. The van der Waals surface area contributed by atoms with Gasteiger partial charge in [-0.25, -0.2) is 9.48 Å². The first-order valence-corrected chi connectivity index (χ1v) is 5.96. The molecule has 0 bridgehead atoms. The summed E-state index contributed by atoms with van der Waals surface area (Å²) in [5, 5.41) is 20.5. The Morgan fingerprint density at radius 1 is 1.53 bits per heavy atom. The molecule has 0 aliphatic rings. The Balaban J connectivity index is 2.82. The summed E-state index contributed by atoms with van der Waals surface area (Å²) in [6, 6.07) is -0.630. The van der Waals surface area contributed by atoms with Gasteiger partial charge in [-0.05, 0) is 13.3 Å². The molecule has 0 fully saturated rings. The molecule has 9 heteroatoms. The van der Waals surface area contributed by atoms with E-state index in [2.05, 4.69) is 15.7 Å². The molecule has 0 saturated carbocycles. The zero-order valence-electron chi connectivity index (χ0n) is 11.0. The van der Waals surface area contributed by atoms with Crippen LogP contribution < -0.4 is 16.4 Å². The van der Waals surface area contributed by atoms with Crippen LogP contribution in [0.1, 0.15) is 19.0 Å². The Kier molecular flexibility index (Phi) is 5.10. The van der Waals surface area contributed by atoms with E-state index in [1.807, 2.05) is 6.92 Å². The summed E-state index contributed by atoms with van der Waals surface area (Å²) in [6.45, 7) is 4.75. The second-order valence-electron chi connectivity index (χ2n) is 3.98. The molecular weight excluding hydrogens is 252 g/mol. The van der Waals surface area contributed by atoms with Crippen LogP contribution in [-0.4, -0.2) is 33.8 Å². The molecule has 0 atom stereocenters. The van der Waals surface area contributed by atoms with Crippen molar-refractivity contribution in [2.75, 3.05) is 18.4 Å². The minimum atomic E-state index is -0.630. The van der Waals surface area contributed by atoms with Crippen molar-refractivity contribution >= 4 is 17.5 Å². The molecule has 0 aliphatic heterocycles. The van der Waals surface area contributed by atoms with Gasteiger partial charge in [0.15, 0.2) is 0 Å². The third-order valence-corrected chi connectivity index (χ3v) is 2.43. The van der Waals surface area contributed by atoms with Gasteiger partial charge in [-0.1, -0.05) is 6.92 Å². The molecule has 0 saturated heterocycles. The molecule has 1 heterocycles. The Bertz CT molecular complexity index is 470. The number of nitro groups is 1. The summed E-state index contributed by atoms with van der Waals surface area (Å²) in [6.07, 6.45) is 0.812. The number of aryl methyl sites for hydroxylation is 2. The number of carbonyl (C=O) groups excluding carboxylic acids is 1. The molecule has 1 aromatic heterocycles. The summed E-state index contributed by atoms with van der Waals surface area (Å²) in [7, 11) is 0. The average molecular weight is 270 g/mol. The van der Waals surface area contributed by atoms with Crippen LogP contribution in [0.2, 0.25) is 0 Å². The number of nitrogens with one attached hydrogen (secondary N) is 2. The van der Waals surface area contributed by atoms with Gasteiger partial charge in [0.05, 0.1) is 4.92 Å². The van der Waals surface area contributed by atoms with E-state index in [0.29, 0.717) is 24.6 Å². The second-order valence-corrected chi connectivity index (χ2v) is 3.98. The lowest BCUT2D eigenvalue weighted by Crippen LogP contribution is -2.33. The Morgan fingerprint density at radius 3 is 2.74 bits per heavy atom. The zero-order valence-corrected chi connectivity index (χ0v) is 11.0. The van der Waals surface area contributed by atoms with Gasteiger partial charge in [-0.3, -0.25) is 10.1 Å². The molecule has 0 radical (unpaired) electrons. The highest BCUT2D eigenvalue weighted by molar-refractivity contribution is 5.71. The monoisotopic (exact) mass is 270 g/mol. The summed E-state index contributed by atoms with van der Waals surface area (Å²) in [5.74, 6) is 0.357. The first-order chi connectivity index (χ1) is 8.97. The number of hydrogen-bond donors (Lipinski definition) is 3. The van der Waals surface area contributed by atoms with Crippen molar-refractivity contribution < 1.29 is 9.72 Å². The van der Waals surface area contributed by atoms with Gasteiger partial charge in [0.1, 0.15) is 5.69 Å². The third kappa shape index (κ3) is 3.83. The van der Waals surface area contributed by atoms with E-state index in [-0.39, 0.29) is 12.2 Å². The van der Waals surface area contributed by atoms with E-state index < -0.39 is 11.0 Å². The van der Waals surface area contributed by atoms with Crippen molar-refractivity contribution in [3.8, 4) is 0 Å². The molecule has 4 N–H and O–H groups in total. The van der Waals surface area contributed by atoms with E-state index in [4.69, 9.17) is 5.73 Å². The van der Waals surface area contributed by atoms with Crippen molar-refractivity contribution in [2.45, 2.75) is 26.8 Å². The number of nitrogens with two attached hydrogens (primary N) is 1. The fourth-order valence-electron chi connectivity index (χ4n) is 1.71. The molecule has 9 nitrogen and oxygen atoms in total. The van der Waals surface area contributed by atoms with Crippen LogP contribution in [-0.2, 0) is 6.54 Å². The Hall–Kier alpha value is -2.32. The van der Waals surface area contributed by atoms with Crippen molar-refractivity contribution in [1.82, 2.24) is 15.1 Å². The van der Waals surface area contributed by atoms with Crippen LogP contribution in [0.3, 0.4) is 0 Å². The van der Waals surface area contributed by atoms with E-state index in [0.717, 1.165) is 6.42 Å². The predicted octanol–water partition coefficient (Wildman–Crippen LogP) is 0.590. The van der Waals surface area contributed by atoms with Gasteiger partial charge >= 0.3 is 11.7 Å². The van der Waals surface area contributed by atoms with Crippen molar-refractivity contribution in [2.24, 2.45) is 5.73 Å². The molecule has 1 aromatic rings. The summed E-state index contributed by atoms with van der Waals surface area (Å²) >= 11 is 0. The van der Waals surface area contributed by atoms with Crippen LogP contribution in [0, 0.1) is 17.0 Å². The van der Waals surface area contributed by atoms with E-state index >= 15 is 0 Å². The van der Waals surface area contributed by atoms with Gasteiger partial charge < -0.3 is 16.4 Å². The highest BCUT2D eigenvalue weighted by Gasteiger charge is 2.24. The minimum Gasteiger partial charge on any atom is -0.363 e. The molecular formula is C10H18N6O3. The lowest BCUT2D eigenvalue weighted by Gasteiger charge is -2.08. The summed E-state index contributed by atoms with van der Waals surface area (Å²) in [4.78, 5) is 21.1. The van der Waals surface area contributed by atoms with Crippen LogP contribution in [0.4, 0.5) is 16.3 Å². The van der Waals surface area contributed by atoms with Gasteiger partial charge in [0.2, 0.25) is 5.82 Å². The number of primary amides is 1. The summed E-state index contributed by atoms with van der Waals surface area (Å²) < 4.78 is 1.57. The van der Waals surface area contributed by atoms with Gasteiger partial charge in [-0.15, -0.1) is 0 Å². The largest absolute Gasteiger partial charge is 0.363 e. The fourth-order valence-corrected chi connectivity index (χ4v) is 1.71. The first kappa shape index (κ1) is 14.7. The smallest absolute Gasteiger partial charge is 0.333 e. The van der Waals surface area contributed by atoms with Crippen LogP contribution >= 0.6 is 0 Å². The molecule has 0 aliphatic carbocycles. The van der Waals surface area contributed by atoms with Gasteiger partial charge in [0.25, 0.3) is 0 Å². The Labute approximate surface area is 110 Å². The van der Waals surface area contributed by atoms with Crippen molar-refractivity contribution in [3.63, 3.8) is 0 Å². The van der Waals surface area contributed by atoms with E-state index in [1.54, 1.807) is 11.6 Å². The van der Waals surface area contributed by atoms with Gasteiger partial charge in [-0.2, -0.15) is 5.10 Å². The molecule has 0 aromatic carbocycles. The average Bonchev–Trinajstić information content (AvgIpc) is 2.61. The lowest BCUT2D eigenvalue weighted by molar-refractivity contribution is -0.384. The summed E-state index contributed by atoms with van der Waals surface area (Å²) in [5.41, 5.74) is 5.26. The maximum Gasteiger partial charge on any atom is 0.333 e. The van der Waals surface area contributed by atoms with Crippen LogP contribution in [0.5, 0.6) is 0 Å². The third-order valence-electron chi connectivity index (χ3n) is 2.43. The molecule has 1 rings (SSSR count). The molecule has 2 amide bonds. The topological polar surface area (TPSA) is 128 Å². The maximum atomic E-state index is 11.0. The normalized spacial score (nSPS) is 10.2. The highest BCUT2D eigenvalue weighted by Crippen LogP contribution is 2.28. The number of urea groups is 1. The van der Waals surface area contributed by atoms with Gasteiger partial charge in [0, 0.05) is 19.6 Å². The van der Waals surface area contributed by atoms with E-state index in [1.165, 1.54) is 0 Å². The number of amides is 2. The number of rotatable bonds is 7. The second kappa shape index (κ2) is 6.57. The standard InChI is InChI=1S/C10H18N6O3/c1-3-6-15-9(12-4-5-13-10(11)17)8(16(18)19)7(2)14-15/h12H,3-6H2,1-2H3,(H3,11,13,17). The first-order valence-electron chi connectivity index (χ1n) is 5.96. The highest BCUT2D eigenvalue weighted by atomic mass is 16.6. The zero-order chi connectivity index (χ0) is 14.4. The van der Waals surface area contributed by atoms with Crippen molar-refractivity contribution in [3.05, 3.63) is 15.8 Å². The molecule has 0 spiro atoms. The minimum absolute atomic E-state index is 0.0347. The number of aromatic nitrogens is 2. The quantitative estimate of drug-likeness (QED) is 0.379. The Morgan fingerprint density at radius 2 is 2.21 bits per heavy atom. The lowest BCUT2D eigenvalue weighted by atomic mass is 10.4. The van der Waals surface area contributed by atoms with E-state index in [9.17, 15) is 14.9 Å². The molecule has 106 valence electrons. The SMILES string of the molecule is CCCn1nc(C)c([N+](=O)[O-])c1NCCNC(N)=O. The number of nitrogens with zero attached hydrogens (tertiary/aromatic N) is 3.